The fourth-order valence-electron chi connectivity index (χ4n) is 2.03. The summed E-state index contributed by atoms with van der Waals surface area (Å²) in [5, 5.41) is 0. The van der Waals surface area contributed by atoms with Gasteiger partial charge in [-0.05, 0) is 52.4 Å². The minimum atomic E-state index is -0.135. The van der Waals surface area contributed by atoms with Crippen LogP contribution in [0.15, 0.2) is 22.7 Å². The first kappa shape index (κ1) is 9.20. The van der Waals surface area contributed by atoms with Crippen LogP contribution in [0.25, 0.3) is 0 Å². The molecule has 1 aliphatic carbocycles. The summed E-state index contributed by atoms with van der Waals surface area (Å²) in [6.07, 6.45) is 5.03. The molecule has 0 heterocycles. The molecule has 1 fully saturated rings. The Labute approximate surface area is 86.3 Å². The van der Waals surface area contributed by atoms with Gasteiger partial charge in [0.25, 0.3) is 0 Å². The Morgan fingerprint density at radius 2 is 1.92 bits per heavy atom. The van der Waals surface area contributed by atoms with Gasteiger partial charge < -0.3 is 0 Å². The average molecular weight is 243 g/mol. The Balaban J connectivity index is 2.25. The third kappa shape index (κ3) is 1.93. The highest BCUT2D eigenvalue weighted by Gasteiger charge is 2.17. The lowest BCUT2D eigenvalue weighted by Gasteiger charge is -2.09. The highest BCUT2D eigenvalue weighted by molar-refractivity contribution is 9.10. The molecule has 0 aliphatic heterocycles. The Bertz CT molecular complexity index is 303. The minimum Gasteiger partial charge on any atom is -0.206 e. The van der Waals surface area contributed by atoms with Crippen LogP contribution in [0.2, 0.25) is 0 Å². The lowest BCUT2D eigenvalue weighted by atomic mass is 9.98. The molecule has 0 bridgehead atoms. The monoisotopic (exact) mass is 242 g/mol. The zero-order valence-corrected chi connectivity index (χ0v) is 8.98. The Kier molecular flexibility index (Phi) is 2.68. The molecule has 0 atom stereocenters. The highest BCUT2D eigenvalue weighted by atomic mass is 79.9. The standard InChI is InChI=1S/C11H12BrF/c12-10-6-5-9(7-11(10)13)8-3-1-2-4-8/h5-8H,1-4H2. The zero-order chi connectivity index (χ0) is 9.26. The van der Waals surface area contributed by atoms with E-state index in [4.69, 9.17) is 0 Å². The maximum absolute atomic E-state index is 13.2. The van der Waals surface area contributed by atoms with Gasteiger partial charge in [-0.1, -0.05) is 18.9 Å². The zero-order valence-electron chi connectivity index (χ0n) is 7.39. The predicted molar refractivity (Wildman–Crippen MR) is 55.3 cm³/mol. The third-order valence-electron chi connectivity index (χ3n) is 2.77. The molecule has 0 saturated heterocycles. The second-order valence-corrected chi connectivity index (χ2v) is 4.51. The van der Waals surface area contributed by atoms with Crippen LogP contribution in [-0.4, -0.2) is 0 Å². The van der Waals surface area contributed by atoms with Gasteiger partial charge in [-0.15, -0.1) is 0 Å². The van der Waals surface area contributed by atoms with E-state index in [1.807, 2.05) is 12.1 Å². The number of benzene rings is 1. The van der Waals surface area contributed by atoms with Crippen LogP contribution in [0.1, 0.15) is 37.2 Å². The molecule has 0 aromatic heterocycles. The smallest absolute Gasteiger partial charge is 0.137 e. The van der Waals surface area contributed by atoms with Gasteiger partial charge >= 0.3 is 0 Å². The molecule has 0 unspecified atom stereocenters. The topological polar surface area (TPSA) is 0 Å². The third-order valence-corrected chi connectivity index (χ3v) is 3.41. The van der Waals surface area contributed by atoms with Crippen LogP contribution < -0.4 is 0 Å². The SMILES string of the molecule is Fc1cc(C2CCCC2)ccc1Br. The van der Waals surface area contributed by atoms with Crippen molar-refractivity contribution in [2.45, 2.75) is 31.6 Å². The van der Waals surface area contributed by atoms with E-state index < -0.39 is 0 Å². The normalized spacial score (nSPS) is 18.0. The number of hydrogen-bond donors (Lipinski definition) is 0. The van der Waals surface area contributed by atoms with Gasteiger partial charge in [0.2, 0.25) is 0 Å². The van der Waals surface area contributed by atoms with E-state index in [0.717, 1.165) is 0 Å². The molecule has 1 saturated carbocycles. The van der Waals surface area contributed by atoms with Gasteiger partial charge in [-0.3, -0.25) is 0 Å². The van der Waals surface area contributed by atoms with E-state index in [1.54, 1.807) is 6.07 Å². The number of hydrogen-bond acceptors (Lipinski definition) is 0. The van der Waals surface area contributed by atoms with Crippen molar-refractivity contribution in [2.24, 2.45) is 0 Å². The van der Waals surface area contributed by atoms with Crippen molar-refractivity contribution >= 4 is 15.9 Å². The molecule has 0 spiro atoms. The molecule has 1 aliphatic rings. The van der Waals surface area contributed by atoms with Crippen LogP contribution in [-0.2, 0) is 0 Å². The molecule has 0 nitrogen and oxygen atoms in total. The number of rotatable bonds is 1. The Morgan fingerprint density at radius 3 is 2.54 bits per heavy atom. The van der Waals surface area contributed by atoms with Crippen LogP contribution >= 0.6 is 15.9 Å². The summed E-state index contributed by atoms with van der Waals surface area (Å²) < 4.78 is 13.7. The number of halogens is 2. The summed E-state index contributed by atoms with van der Waals surface area (Å²) >= 11 is 3.16. The second-order valence-electron chi connectivity index (χ2n) is 3.65. The molecule has 13 heavy (non-hydrogen) atoms. The lowest BCUT2D eigenvalue weighted by Crippen LogP contribution is -1.93. The van der Waals surface area contributed by atoms with Crippen molar-refractivity contribution in [3.05, 3.63) is 34.1 Å². The lowest BCUT2D eigenvalue weighted by molar-refractivity contribution is 0.612. The van der Waals surface area contributed by atoms with Gasteiger partial charge in [-0.25, -0.2) is 4.39 Å². The summed E-state index contributed by atoms with van der Waals surface area (Å²) in [5.41, 5.74) is 1.17. The molecule has 1 aromatic rings. The first-order chi connectivity index (χ1) is 6.27. The molecule has 0 N–H and O–H groups in total. The van der Waals surface area contributed by atoms with Crippen molar-refractivity contribution in [1.29, 1.82) is 0 Å². The first-order valence-electron chi connectivity index (χ1n) is 4.72. The highest BCUT2D eigenvalue weighted by Crippen LogP contribution is 2.35. The maximum atomic E-state index is 13.2. The summed E-state index contributed by atoms with van der Waals surface area (Å²) in [4.78, 5) is 0. The summed E-state index contributed by atoms with van der Waals surface area (Å²) in [6.45, 7) is 0. The van der Waals surface area contributed by atoms with Gasteiger partial charge in [0.05, 0.1) is 4.47 Å². The van der Waals surface area contributed by atoms with Crippen molar-refractivity contribution in [1.82, 2.24) is 0 Å². The Hall–Kier alpha value is -0.370. The molecule has 0 radical (unpaired) electrons. The van der Waals surface area contributed by atoms with E-state index >= 15 is 0 Å². The van der Waals surface area contributed by atoms with Crippen LogP contribution in [0, 0.1) is 5.82 Å². The molecule has 0 amide bonds. The fourth-order valence-corrected chi connectivity index (χ4v) is 2.27. The molecular formula is C11H12BrF. The van der Waals surface area contributed by atoms with E-state index in [1.165, 1.54) is 31.2 Å². The van der Waals surface area contributed by atoms with E-state index in [9.17, 15) is 4.39 Å². The quantitative estimate of drug-likeness (QED) is 0.691. The van der Waals surface area contributed by atoms with Gasteiger partial charge in [0, 0.05) is 0 Å². The van der Waals surface area contributed by atoms with Crippen molar-refractivity contribution in [3.8, 4) is 0 Å². The molecule has 1 aromatic carbocycles. The summed E-state index contributed by atoms with van der Waals surface area (Å²) in [7, 11) is 0. The molecule has 70 valence electrons. The average Bonchev–Trinajstić information content (AvgIpc) is 2.62. The first-order valence-corrected chi connectivity index (χ1v) is 5.51. The van der Waals surface area contributed by atoms with Crippen LogP contribution in [0.4, 0.5) is 4.39 Å². The maximum Gasteiger partial charge on any atom is 0.137 e. The summed E-state index contributed by atoms with van der Waals surface area (Å²) in [6, 6.07) is 5.51. The van der Waals surface area contributed by atoms with Gasteiger partial charge in [0.1, 0.15) is 5.82 Å². The van der Waals surface area contributed by atoms with Crippen molar-refractivity contribution < 1.29 is 4.39 Å². The predicted octanol–water partition coefficient (Wildman–Crippen LogP) is 4.25. The van der Waals surface area contributed by atoms with Gasteiger partial charge in [-0.2, -0.15) is 0 Å². The van der Waals surface area contributed by atoms with Gasteiger partial charge in [0.15, 0.2) is 0 Å². The largest absolute Gasteiger partial charge is 0.206 e. The van der Waals surface area contributed by atoms with E-state index in [0.29, 0.717) is 10.4 Å². The molecular weight excluding hydrogens is 231 g/mol. The van der Waals surface area contributed by atoms with E-state index in [2.05, 4.69) is 15.9 Å². The van der Waals surface area contributed by atoms with Crippen LogP contribution in [0.3, 0.4) is 0 Å². The summed E-state index contributed by atoms with van der Waals surface area (Å²) in [5.74, 6) is 0.465. The molecule has 2 heteroatoms. The molecule has 2 rings (SSSR count). The minimum absolute atomic E-state index is 0.135. The van der Waals surface area contributed by atoms with Crippen molar-refractivity contribution in [3.63, 3.8) is 0 Å². The second kappa shape index (κ2) is 3.79. The van der Waals surface area contributed by atoms with Crippen LogP contribution in [0.5, 0.6) is 0 Å². The van der Waals surface area contributed by atoms with Crippen molar-refractivity contribution in [2.75, 3.05) is 0 Å². The fraction of sp³-hybridized carbons (Fsp3) is 0.455. The Morgan fingerprint density at radius 1 is 1.23 bits per heavy atom. The van der Waals surface area contributed by atoms with E-state index in [-0.39, 0.29) is 5.82 Å².